The highest BCUT2D eigenvalue weighted by Gasteiger charge is 2.44. The molecule has 0 aliphatic carbocycles. The summed E-state index contributed by atoms with van der Waals surface area (Å²) in [6.45, 7) is 9.43. The van der Waals surface area contributed by atoms with Gasteiger partial charge in [0.15, 0.2) is 0 Å². The first-order valence-corrected chi connectivity index (χ1v) is 12.5. The van der Waals surface area contributed by atoms with Crippen LogP contribution < -0.4 is 5.32 Å². The quantitative estimate of drug-likeness (QED) is 0.628. The molecular formula is C27H34ClF2N3O. The van der Waals surface area contributed by atoms with E-state index in [4.69, 9.17) is 11.6 Å². The molecule has 4 rings (SSSR count). The Bertz CT molecular complexity index is 998. The highest BCUT2D eigenvalue weighted by molar-refractivity contribution is 6.30. The van der Waals surface area contributed by atoms with Crippen LogP contribution in [-0.2, 0) is 4.79 Å². The average molecular weight is 490 g/mol. The first-order chi connectivity index (χ1) is 16.1. The van der Waals surface area contributed by atoms with Crippen LogP contribution in [0.4, 0.5) is 8.78 Å². The van der Waals surface area contributed by atoms with Gasteiger partial charge in [-0.05, 0) is 62.9 Å². The summed E-state index contributed by atoms with van der Waals surface area (Å²) in [4.78, 5) is 17.9. The number of hydrogen-bond donors (Lipinski definition) is 1. The Morgan fingerprint density at radius 2 is 1.79 bits per heavy atom. The second-order valence-corrected chi connectivity index (χ2v) is 10.9. The van der Waals surface area contributed by atoms with Crippen LogP contribution in [0.2, 0.25) is 5.02 Å². The van der Waals surface area contributed by atoms with Crippen molar-refractivity contribution in [3.63, 3.8) is 0 Å². The number of hydrogen-bond acceptors (Lipinski definition) is 3. The lowest BCUT2D eigenvalue weighted by molar-refractivity contribution is -0.136. The summed E-state index contributed by atoms with van der Waals surface area (Å²) < 4.78 is 28.3. The van der Waals surface area contributed by atoms with Crippen LogP contribution in [0.25, 0.3) is 0 Å². The van der Waals surface area contributed by atoms with E-state index in [1.54, 1.807) is 0 Å². The number of carbonyl (C=O) groups is 1. The molecule has 2 aliphatic heterocycles. The van der Waals surface area contributed by atoms with E-state index in [1.807, 2.05) is 29.2 Å². The van der Waals surface area contributed by atoms with Crippen molar-refractivity contribution in [1.29, 1.82) is 0 Å². The monoisotopic (exact) mass is 489 g/mol. The lowest BCUT2D eigenvalue weighted by atomic mass is 9.87. The van der Waals surface area contributed by atoms with E-state index < -0.39 is 11.6 Å². The second kappa shape index (κ2) is 10.3. The maximum atomic E-state index is 14.8. The third-order valence-corrected chi connectivity index (χ3v) is 7.48. The molecule has 2 aliphatic rings. The summed E-state index contributed by atoms with van der Waals surface area (Å²) >= 11 is 6.03. The van der Waals surface area contributed by atoms with E-state index in [9.17, 15) is 13.6 Å². The Morgan fingerprint density at radius 1 is 1.06 bits per heavy atom. The summed E-state index contributed by atoms with van der Waals surface area (Å²) in [5, 5.41) is 4.30. The molecule has 1 amide bonds. The summed E-state index contributed by atoms with van der Waals surface area (Å²) in [6.07, 6.45) is 1.79. The predicted octanol–water partition coefficient (Wildman–Crippen LogP) is 5.39. The number of halogens is 3. The molecule has 0 aromatic heterocycles. The fourth-order valence-electron chi connectivity index (χ4n) is 5.23. The molecule has 184 valence electrons. The van der Waals surface area contributed by atoms with Gasteiger partial charge in [-0.25, -0.2) is 8.78 Å². The molecule has 2 aromatic rings. The molecule has 2 aromatic carbocycles. The molecule has 7 heteroatoms. The first kappa shape index (κ1) is 25.1. The molecule has 0 radical (unpaired) electrons. The molecule has 4 nitrogen and oxygen atoms in total. The van der Waals surface area contributed by atoms with E-state index in [0.717, 1.165) is 23.9 Å². The predicted molar refractivity (Wildman–Crippen MR) is 132 cm³/mol. The van der Waals surface area contributed by atoms with Crippen molar-refractivity contribution >= 4 is 17.5 Å². The number of amides is 1. The van der Waals surface area contributed by atoms with Crippen LogP contribution in [0, 0.1) is 17.6 Å². The third kappa shape index (κ3) is 5.61. The average Bonchev–Trinajstić information content (AvgIpc) is 3.20. The molecule has 1 N–H and O–H groups in total. The van der Waals surface area contributed by atoms with Gasteiger partial charge in [0.25, 0.3) is 0 Å². The molecule has 2 saturated heterocycles. The first-order valence-electron chi connectivity index (χ1n) is 12.1. The van der Waals surface area contributed by atoms with Gasteiger partial charge in [-0.15, -0.1) is 0 Å². The zero-order valence-corrected chi connectivity index (χ0v) is 20.9. The van der Waals surface area contributed by atoms with Crippen LogP contribution >= 0.6 is 11.6 Å². The smallest absolute Gasteiger partial charge is 0.227 e. The summed E-state index contributed by atoms with van der Waals surface area (Å²) in [6, 6.07) is 11.9. The van der Waals surface area contributed by atoms with Crippen molar-refractivity contribution < 1.29 is 13.6 Å². The number of nitrogens with one attached hydrogen (secondary N) is 1. The normalized spacial score (nSPS) is 24.6. The Kier molecular flexibility index (Phi) is 7.60. The van der Waals surface area contributed by atoms with Gasteiger partial charge in [0.05, 0.1) is 5.92 Å². The molecule has 3 atom stereocenters. The maximum absolute atomic E-state index is 14.8. The SMILES string of the molecule is CC(C)(C)N1CC(C(=O)N2CCCC(c3ccc(Cl)cc3)NCC2)[C@H](c2ccc(F)cc2F)C1. The van der Waals surface area contributed by atoms with Crippen LogP contribution in [-0.4, -0.2) is 54.0 Å². The number of rotatable bonds is 3. The molecular weight excluding hydrogens is 456 g/mol. The Labute approximate surface area is 206 Å². The maximum Gasteiger partial charge on any atom is 0.227 e. The van der Waals surface area contributed by atoms with Gasteiger partial charge in [-0.3, -0.25) is 9.69 Å². The zero-order chi connectivity index (χ0) is 24.5. The molecule has 0 bridgehead atoms. The summed E-state index contributed by atoms with van der Waals surface area (Å²) in [7, 11) is 0. The van der Waals surface area contributed by atoms with Crippen molar-refractivity contribution in [2.45, 2.75) is 51.1 Å². The Balaban J connectivity index is 1.48. The van der Waals surface area contributed by atoms with E-state index in [2.05, 4.69) is 31.0 Å². The van der Waals surface area contributed by atoms with Crippen molar-refractivity contribution in [2.75, 3.05) is 32.7 Å². The lowest BCUT2D eigenvalue weighted by Crippen LogP contribution is -2.45. The minimum atomic E-state index is -0.597. The van der Waals surface area contributed by atoms with Crippen LogP contribution in [0.5, 0.6) is 0 Å². The molecule has 0 saturated carbocycles. The summed E-state index contributed by atoms with van der Waals surface area (Å²) in [5.41, 5.74) is 1.49. The van der Waals surface area contributed by atoms with Gasteiger partial charge in [-0.2, -0.15) is 0 Å². The number of benzene rings is 2. The molecule has 2 unspecified atom stereocenters. The highest BCUT2D eigenvalue weighted by Crippen LogP contribution is 2.38. The van der Waals surface area contributed by atoms with Gasteiger partial charge in [0, 0.05) is 61.3 Å². The van der Waals surface area contributed by atoms with Gasteiger partial charge in [0.2, 0.25) is 5.91 Å². The molecule has 2 heterocycles. The Hall–Kier alpha value is -2.02. The molecule has 2 fully saturated rings. The zero-order valence-electron chi connectivity index (χ0n) is 20.2. The molecule has 0 spiro atoms. The number of likely N-dealkylation sites (tertiary alicyclic amines) is 1. The Morgan fingerprint density at radius 3 is 2.47 bits per heavy atom. The van der Waals surface area contributed by atoms with Gasteiger partial charge < -0.3 is 10.2 Å². The third-order valence-electron chi connectivity index (χ3n) is 7.23. The summed E-state index contributed by atoms with van der Waals surface area (Å²) in [5.74, 6) is -1.76. The lowest BCUT2D eigenvalue weighted by Gasteiger charge is -2.33. The number of carbonyl (C=O) groups excluding carboxylic acids is 1. The fraction of sp³-hybridized carbons (Fsp3) is 0.519. The molecule has 34 heavy (non-hydrogen) atoms. The van der Waals surface area contributed by atoms with Crippen molar-refractivity contribution in [3.8, 4) is 0 Å². The van der Waals surface area contributed by atoms with Crippen molar-refractivity contribution in [1.82, 2.24) is 15.1 Å². The number of nitrogens with zero attached hydrogens (tertiary/aromatic N) is 2. The van der Waals surface area contributed by atoms with Gasteiger partial charge >= 0.3 is 0 Å². The van der Waals surface area contributed by atoms with Gasteiger partial charge in [-0.1, -0.05) is 29.8 Å². The van der Waals surface area contributed by atoms with Crippen LogP contribution in [0.1, 0.15) is 56.7 Å². The topological polar surface area (TPSA) is 35.6 Å². The van der Waals surface area contributed by atoms with E-state index >= 15 is 0 Å². The van der Waals surface area contributed by atoms with E-state index in [1.165, 1.54) is 17.7 Å². The van der Waals surface area contributed by atoms with Crippen molar-refractivity contribution in [3.05, 3.63) is 70.2 Å². The fourth-order valence-corrected chi connectivity index (χ4v) is 5.35. The van der Waals surface area contributed by atoms with Crippen molar-refractivity contribution in [2.24, 2.45) is 5.92 Å². The van der Waals surface area contributed by atoms with Crippen LogP contribution in [0.3, 0.4) is 0 Å². The van der Waals surface area contributed by atoms with E-state index in [0.29, 0.717) is 38.3 Å². The van der Waals surface area contributed by atoms with E-state index in [-0.39, 0.29) is 29.3 Å². The minimum Gasteiger partial charge on any atom is -0.341 e. The minimum absolute atomic E-state index is 0.0622. The highest BCUT2D eigenvalue weighted by atomic mass is 35.5. The second-order valence-electron chi connectivity index (χ2n) is 10.5. The largest absolute Gasteiger partial charge is 0.341 e. The van der Waals surface area contributed by atoms with Crippen LogP contribution in [0.15, 0.2) is 42.5 Å². The van der Waals surface area contributed by atoms with Gasteiger partial charge in [0.1, 0.15) is 11.6 Å². The standard InChI is InChI=1S/C27H34ClF2N3O/c1-27(2,3)33-16-22(21-11-10-20(29)15-24(21)30)23(17-33)26(34)32-13-4-5-25(31-12-14-32)18-6-8-19(28)9-7-18/h6-11,15,22-23,25,31H,4-5,12-14,16-17H2,1-3H3/t22-,23?,25?/m0/s1.